The van der Waals surface area contributed by atoms with Crippen LogP contribution in [0.2, 0.25) is 0 Å². The molecule has 0 bridgehead atoms. The van der Waals surface area contributed by atoms with Crippen molar-refractivity contribution >= 4 is 11.8 Å². The predicted molar refractivity (Wildman–Crippen MR) is 131 cm³/mol. The Morgan fingerprint density at radius 1 is 1.08 bits per heavy atom. The van der Waals surface area contributed by atoms with Crippen LogP contribution in [0.5, 0.6) is 0 Å². The molecule has 2 aromatic rings. The van der Waals surface area contributed by atoms with E-state index in [-0.39, 0.29) is 41.7 Å². The molecule has 0 unspecified atom stereocenters. The molecule has 0 N–H and O–H groups in total. The van der Waals surface area contributed by atoms with Gasteiger partial charge in [0.25, 0.3) is 0 Å². The van der Waals surface area contributed by atoms with Gasteiger partial charge in [0.1, 0.15) is 24.2 Å². The van der Waals surface area contributed by atoms with Gasteiger partial charge in [0.15, 0.2) is 5.78 Å². The zero-order valence-electron chi connectivity index (χ0n) is 21.4. The molecule has 2 aliphatic heterocycles. The lowest BCUT2D eigenvalue weighted by molar-refractivity contribution is -0.186. The van der Waals surface area contributed by atoms with Crippen molar-refractivity contribution in [3.05, 3.63) is 59.8 Å². The van der Waals surface area contributed by atoms with Crippen LogP contribution in [0.15, 0.2) is 63.1 Å². The summed E-state index contributed by atoms with van der Waals surface area (Å²) in [5, 5.41) is 0. The molecule has 6 nitrogen and oxygen atoms in total. The first-order chi connectivity index (χ1) is 17.2. The summed E-state index contributed by atoms with van der Waals surface area (Å²) in [5.74, 6) is 0.634. The molecule has 3 fully saturated rings. The first-order valence-electron chi connectivity index (χ1n) is 13.1. The fourth-order valence-corrected chi connectivity index (χ4v) is 9.30. The summed E-state index contributed by atoms with van der Waals surface area (Å²) in [4.78, 5) is 26.9. The molecule has 4 heterocycles. The van der Waals surface area contributed by atoms with Crippen molar-refractivity contribution in [3.63, 3.8) is 0 Å². The molecule has 2 saturated heterocycles. The molecule has 5 aliphatic rings. The van der Waals surface area contributed by atoms with E-state index < -0.39 is 22.3 Å². The Morgan fingerprint density at radius 3 is 2.61 bits per heavy atom. The minimum Gasteiger partial charge on any atom is -0.472 e. The van der Waals surface area contributed by atoms with E-state index in [1.165, 1.54) is 11.1 Å². The summed E-state index contributed by atoms with van der Waals surface area (Å²) in [6, 6.07) is 3.96. The molecule has 9 atom stereocenters. The Morgan fingerprint density at radius 2 is 1.89 bits per heavy atom. The van der Waals surface area contributed by atoms with E-state index >= 15 is 0 Å². The number of esters is 1. The number of allylic oxidation sites excluding steroid dienone is 2. The summed E-state index contributed by atoms with van der Waals surface area (Å²) < 4.78 is 24.2. The van der Waals surface area contributed by atoms with Gasteiger partial charge in [-0.25, -0.2) is 0 Å². The van der Waals surface area contributed by atoms with Crippen molar-refractivity contribution < 1.29 is 27.9 Å². The Labute approximate surface area is 210 Å². The summed E-state index contributed by atoms with van der Waals surface area (Å²) in [7, 11) is 0. The monoisotopic (exact) mass is 488 g/mol. The van der Waals surface area contributed by atoms with E-state index in [0.29, 0.717) is 0 Å². The topological polar surface area (TPSA) is 78.9 Å². The molecular weight excluding hydrogens is 456 g/mol. The fourth-order valence-electron chi connectivity index (χ4n) is 9.30. The number of ketones is 1. The number of rotatable bonds is 3. The molecule has 188 valence electrons. The lowest BCUT2D eigenvalue weighted by Crippen LogP contribution is -2.65. The van der Waals surface area contributed by atoms with Crippen molar-refractivity contribution in [1.82, 2.24) is 0 Å². The van der Waals surface area contributed by atoms with Crippen molar-refractivity contribution in [1.29, 1.82) is 0 Å². The van der Waals surface area contributed by atoms with Crippen molar-refractivity contribution in [2.24, 2.45) is 28.1 Å². The SMILES string of the molecule is CC[C@H]1[C@]2(C)C3=C(C)[C@H](c4ccoc4-c4ccoc4)C[C@H]3O[C@@H]2[C@@H]2OC(=O)[C@]3(C)C=CC(=O)[C@@]1(C)[C@@H]23. The first-order valence-corrected chi connectivity index (χ1v) is 13.1. The molecular formula is C30H32O6. The Balaban J connectivity index is 1.39. The zero-order chi connectivity index (χ0) is 25.2. The standard InChI is InChI=1S/C30H32O6/c1-6-20-29(4)21(31)7-10-28(3)25(29)24(36-27(28)32)26-30(20,5)22-15(2)18(13-19(22)35-26)17-9-12-34-23(17)16-8-11-33-14-16/h7-12,14,18-20,24-26H,6,13H2,1-5H3/t18-,19-,20-,24-,25+,26-,28-,29+,30-/m1/s1. The van der Waals surface area contributed by atoms with Gasteiger partial charge >= 0.3 is 5.97 Å². The summed E-state index contributed by atoms with van der Waals surface area (Å²) in [5.41, 5.74) is 2.69. The maximum absolute atomic E-state index is 13.7. The van der Waals surface area contributed by atoms with Crippen LogP contribution in [-0.2, 0) is 19.1 Å². The molecule has 6 heteroatoms. The van der Waals surface area contributed by atoms with Gasteiger partial charge < -0.3 is 18.3 Å². The number of furan rings is 2. The van der Waals surface area contributed by atoms with Gasteiger partial charge in [-0.05, 0) is 50.0 Å². The van der Waals surface area contributed by atoms with Gasteiger partial charge in [-0.3, -0.25) is 9.59 Å². The number of hydrogen-bond acceptors (Lipinski definition) is 6. The smallest absolute Gasteiger partial charge is 0.316 e. The van der Waals surface area contributed by atoms with Crippen molar-refractivity contribution in [3.8, 4) is 11.3 Å². The van der Waals surface area contributed by atoms with E-state index in [2.05, 4.69) is 27.7 Å². The third-order valence-corrected chi connectivity index (χ3v) is 10.6. The molecule has 7 rings (SSSR count). The van der Waals surface area contributed by atoms with Crippen LogP contribution >= 0.6 is 0 Å². The maximum Gasteiger partial charge on any atom is 0.316 e. The van der Waals surface area contributed by atoms with Crippen molar-refractivity contribution in [2.75, 3.05) is 0 Å². The van der Waals surface area contributed by atoms with E-state index in [4.69, 9.17) is 18.3 Å². The second-order valence-electron chi connectivity index (χ2n) is 12.0. The minimum atomic E-state index is -0.800. The van der Waals surface area contributed by atoms with E-state index in [0.717, 1.165) is 29.7 Å². The summed E-state index contributed by atoms with van der Waals surface area (Å²) >= 11 is 0. The number of fused-ring (bicyclic) bond motifs is 4. The molecule has 3 aliphatic carbocycles. The number of carbonyl (C=O) groups excluding carboxylic acids is 2. The number of hydrogen-bond donors (Lipinski definition) is 0. The van der Waals surface area contributed by atoms with Crippen LogP contribution in [0.25, 0.3) is 11.3 Å². The summed E-state index contributed by atoms with van der Waals surface area (Å²) in [6.45, 7) is 10.6. The van der Waals surface area contributed by atoms with Crippen LogP contribution in [0.3, 0.4) is 0 Å². The van der Waals surface area contributed by atoms with Crippen LogP contribution in [0.4, 0.5) is 0 Å². The molecule has 1 saturated carbocycles. The highest BCUT2D eigenvalue weighted by atomic mass is 16.6. The average molecular weight is 489 g/mol. The first kappa shape index (κ1) is 22.3. The second kappa shape index (κ2) is 6.91. The predicted octanol–water partition coefficient (Wildman–Crippen LogP) is 5.85. The van der Waals surface area contributed by atoms with E-state index in [1.807, 2.05) is 19.1 Å². The van der Waals surface area contributed by atoms with E-state index in [9.17, 15) is 9.59 Å². The minimum absolute atomic E-state index is 0.0221. The third kappa shape index (κ3) is 2.33. The molecule has 0 aromatic carbocycles. The van der Waals surface area contributed by atoms with E-state index in [1.54, 1.807) is 30.9 Å². The lowest BCUT2D eigenvalue weighted by atomic mass is 9.42. The molecule has 0 amide bonds. The lowest BCUT2D eigenvalue weighted by Gasteiger charge is -2.59. The largest absolute Gasteiger partial charge is 0.472 e. The van der Waals surface area contributed by atoms with Crippen molar-refractivity contribution in [2.45, 2.75) is 71.7 Å². The average Bonchev–Trinajstić information content (AvgIpc) is 3.63. The summed E-state index contributed by atoms with van der Waals surface area (Å²) in [6.07, 6.45) is 9.37. The van der Waals surface area contributed by atoms with Gasteiger partial charge in [-0.1, -0.05) is 38.8 Å². The molecule has 0 radical (unpaired) electrons. The highest BCUT2D eigenvalue weighted by molar-refractivity contribution is 6.00. The van der Waals surface area contributed by atoms with Crippen LogP contribution < -0.4 is 0 Å². The maximum atomic E-state index is 13.7. The Bertz CT molecular complexity index is 1350. The van der Waals surface area contributed by atoms with Gasteiger partial charge in [-0.2, -0.15) is 0 Å². The number of carbonyl (C=O) groups is 2. The normalized spacial score (nSPS) is 44.6. The molecule has 36 heavy (non-hydrogen) atoms. The zero-order valence-corrected chi connectivity index (χ0v) is 21.4. The fraction of sp³-hybridized carbons (Fsp3) is 0.533. The highest BCUT2D eigenvalue weighted by Gasteiger charge is 2.77. The molecule has 2 aromatic heterocycles. The highest BCUT2D eigenvalue weighted by Crippen LogP contribution is 2.72. The van der Waals surface area contributed by atoms with Crippen LogP contribution in [-0.4, -0.2) is 30.1 Å². The van der Waals surface area contributed by atoms with Gasteiger partial charge in [-0.15, -0.1) is 0 Å². The van der Waals surface area contributed by atoms with Gasteiger partial charge in [0.05, 0.1) is 29.6 Å². The Hall–Kier alpha value is -2.86. The van der Waals surface area contributed by atoms with Gasteiger partial charge in [0, 0.05) is 28.2 Å². The van der Waals surface area contributed by atoms with Gasteiger partial charge in [0.2, 0.25) is 0 Å². The third-order valence-electron chi connectivity index (χ3n) is 10.6. The Kier molecular flexibility index (Phi) is 4.29. The molecule has 0 spiro atoms. The van der Waals surface area contributed by atoms with Crippen LogP contribution in [0.1, 0.15) is 58.9 Å². The second-order valence-corrected chi connectivity index (χ2v) is 12.0. The van der Waals surface area contributed by atoms with Crippen LogP contribution in [0, 0.1) is 28.1 Å². The number of ether oxygens (including phenoxy) is 2. The quantitative estimate of drug-likeness (QED) is 0.398.